The van der Waals surface area contributed by atoms with Gasteiger partial charge in [0.25, 0.3) is 0 Å². The number of hydrogen-bond donors (Lipinski definition) is 3. The van der Waals surface area contributed by atoms with E-state index in [0.29, 0.717) is 25.8 Å². The number of likely N-dealkylation sites (N-methyl/N-ethyl adjacent to an activating group) is 1. The average molecular weight is 359 g/mol. The van der Waals surface area contributed by atoms with E-state index in [1.165, 1.54) is 7.05 Å². The minimum absolute atomic E-state index is 0.286. The molecule has 0 heterocycles. The molecule has 8 heteroatoms. The van der Waals surface area contributed by atoms with Crippen LogP contribution in [0, 0.1) is 0 Å². The van der Waals surface area contributed by atoms with Crippen molar-refractivity contribution in [1.82, 2.24) is 16.0 Å². The van der Waals surface area contributed by atoms with Crippen LogP contribution in [0.5, 0.6) is 0 Å². The van der Waals surface area contributed by atoms with Crippen LogP contribution in [-0.2, 0) is 14.3 Å². The van der Waals surface area contributed by atoms with E-state index < -0.39 is 29.4 Å². The predicted molar refractivity (Wildman–Crippen MR) is 95.3 cm³/mol. The molecule has 0 aromatic heterocycles. The average Bonchev–Trinajstić information content (AvgIpc) is 2.40. The SMILES string of the molecule is CNC(=O)C(CCCCNC(=O)OC(C)(C)C)NC(=O)OC(C)(C)C. The van der Waals surface area contributed by atoms with Crippen molar-refractivity contribution in [2.75, 3.05) is 13.6 Å². The number of hydrogen-bond acceptors (Lipinski definition) is 5. The van der Waals surface area contributed by atoms with E-state index in [2.05, 4.69) is 16.0 Å². The van der Waals surface area contributed by atoms with Crippen LogP contribution in [-0.4, -0.2) is 48.9 Å². The summed E-state index contributed by atoms with van der Waals surface area (Å²) < 4.78 is 10.3. The van der Waals surface area contributed by atoms with Gasteiger partial charge in [0.1, 0.15) is 17.2 Å². The second-order valence-electron chi connectivity index (χ2n) is 7.74. The molecule has 0 bridgehead atoms. The third-order valence-electron chi connectivity index (χ3n) is 2.84. The molecule has 0 rings (SSSR count). The zero-order chi connectivity index (χ0) is 19.7. The number of alkyl carbamates (subject to hydrolysis) is 2. The van der Waals surface area contributed by atoms with Crippen LogP contribution in [0.25, 0.3) is 0 Å². The van der Waals surface area contributed by atoms with Crippen LogP contribution in [0.4, 0.5) is 9.59 Å². The highest BCUT2D eigenvalue weighted by molar-refractivity contribution is 5.85. The molecule has 0 saturated heterocycles. The van der Waals surface area contributed by atoms with Crippen molar-refractivity contribution >= 4 is 18.1 Å². The van der Waals surface area contributed by atoms with E-state index in [1.54, 1.807) is 41.5 Å². The molecule has 0 saturated carbocycles. The molecule has 1 atom stereocenters. The van der Waals surface area contributed by atoms with Gasteiger partial charge >= 0.3 is 12.2 Å². The second kappa shape index (κ2) is 10.1. The van der Waals surface area contributed by atoms with E-state index in [-0.39, 0.29) is 5.91 Å². The van der Waals surface area contributed by atoms with E-state index in [0.717, 1.165) is 0 Å². The van der Waals surface area contributed by atoms with Gasteiger partial charge in [0.15, 0.2) is 0 Å². The number of ether oxygens (including phenoxy) is 2. The maximum absolute atomic E-state index is 11.9. The van der Waals surface area contributed by atoms with Crippen LogP contribution >= 0.6 is 0 Å². The van der Waals surface area contributed by atoms with Crippen molar-refractivity contribution in [1.29, 1.82) is 0 Å². The molecular formula is C17H33N3O5. The highest BCUT2D eigenvalue weighted by atomic mass is 16.6. The zero-order valence-electron chi connectivity index (χ0n) is 16.4. The van der Waals surface area contributed by atoms with Crippen LogP contribution in [0.1, 0.15) is 60.8 Å². The lowest BCUT2D eigenvalue weighted by Gasteiger charge is -2.23. The van der Waals surface area contributed by atoms with Gasteiger partial charge < -0.3 is 25.4 Å². The Balaban J connectivity index is 4.23. The molecule has 0 radical (unpaired) electrons. The number of nitrogens with one attached hydrogen (secondary N) is 3. The van der Waals surface area contributed by atoms with Gasteiger partial charge in [-0.15, -0.1) is 0 Å². The normalized spacial score (nSPS) is 12.8. The van der Waals surface area contributed by atoms with Crippen molar-refractivity contribution in [3.63, 3.8) is 0 Å². The van der Waals surface area contributed by atoms with Gasteiger partial charge in [0.2, 0.25) is 5.91 Å². The summed E-state index contributed by atoms with van der Waals surface area (Å²) in [6, 6.07) is -0.679. The Morgan fingerprint density at radius 1 is 0.880 bits per heavy atom. The van der Waals surface area contributed by atoms with E-state index in [4.69, 9.17) is 9.47 Å². The monoisotopic (exact) mass is 359 g/mol. The highest BCUT2D eigenvalue weighted by Crippen LogP contribution is 2.09. The van der Waals surface area contributed by atoms with Crippen LogP contribution < -0.4 is 16.0 Å². The predicted octanol–water partition coefficient (Wildman–Crippen LogP) is 2.32. The van der Waals surface area contributed by atoms with Gasteiger partial charge in [0.05, 0.1) is 0 Å². The summed E-state index contributed by atoms with van der Waals surface area (Å²) in [5.41, 5.74) is -1.17. The molecule has 3 N–H and O–H groups in total. The van der Waals surface area contributed by atoms with Crippen molar-refractivity contribution in [3.8, 4) is 0 Å². The molecule has 0 aliphatic rings. The summed E-state index contributed by atoms with van der Waals surface area (Å²) >= 11 is 0. The van der Waals surface area contributed by atoms with Gasteiger partial charge in [-0.1, -0.05) is 0 Å². The molecule has 0 fully saturated rings. The molecule has 146 valence electrons. The number of amides is 3. The lowest BCUT2D eigenvalue weighted by atomic mass is 10.1. The fourth-order valence-corrected chi connectivity index (χ4v) is 1.87. The van der Waals surface area contributed by atoms with Gasteiger partial charge in [-0.05, 0) is 60.8 Å². The molecule has 0 aliphatic heterocycles. The zero-order valence-corrected chi connectivity index (χ0v) is 16.4. The Hall–Kier alpha value is -1.99. The first kappa shape index (κ1) is 23.0. The molecular weight excluding hydrogens is 326 g/mol. The third kappa shape index (κ3) is 13.0. The Kier molecular flexibility index (Phi) is 9.30. The fraction of sp³-hybridized carbons (Fsp3) is 0.824. The van der Waals surface area contributed by atoms with Crippen molar-refractivity contribution in [3.05, 3.63) is 0 Å². The first-order chi connectivity index (χ1) is 11.3. The first-order valence-electron chi connectivity index (χ1n) is 8.52. The van der Waals surface area contributed by atoms with Gasteiger partial charge in [0, 0.05) is 13.6 Å². The Morgan fingerprint density at radius 2 is 1.40 bits per heavy atom. The lowest BCUT2D eigenvalue weighted by molar-refractivity contribution is -0.122. The maximum Gasteiger partial charge on any atom is 0.408 e. The molecule has 3 amide bonds. The molecule has 0 aromatic rings. The molecule has 0 spiro atoms. The lowest BCUT2D eigenvalue weighted by Crippen LogP contribution is -2.47. The summed E-state index contributed by atoms with van der Waals surface area (Å²) in [5, 5.41) is 7.74. The van der Waals surface area contributed by atoms with Crippen molar-refractivity contribution in [2.24, 2.45) is 0 Å². The van der Waals surface area contributed by atoms with Crippen LogP contribution in [0.3, 0.4) is 0 Å². The summed E-state index contributed by atoms with van der Waals surface area (Å²) in [6.07, 6.45) is 0.636. The number of carbonyl (C=O) groups excluding carboxylic acids is 3. The van der Waals surface area contributed by atoms with Crippen LogP contribution in [0.2, 0.25) is 0 Å². The topological polar surface area (TPSA) is 106 Å². The summed E-state index contributed by atoms with van der Waals surface area (Å²) in [5.74, 6) is -0.286. The van der Waals surface area contributed by atoms with Crippen molar-refractivity contribution in [2.45, 2.75) is 78.0 Å². The Labute approximate surface area is 150 Å². The van der Waals surface area contributed by atoms with E-state index in [1.807, 2.05) is 0 Å². The number of rotatable bonds is 7. The smallest absolute Gasteiger partial charge is 0.408 e. The van der Waals surface area contributed by atoms with E-state index in [9.17, 15) is 14.4 Å². The van der Waals surface area contributed by atoms with Gasteiger partial charge in [-0.25, -0.2) is 9.59 Å². The van der Waals surface area contributed by atoms with E-state index >= 15 is 0 Å². The quantitative estimate of drug-likeness (QED) is 0.605. The van der Waals surface area contributed by atoms with Gasteiger partial charge in [-0.2, -0.15) is 0 Å². The fourth-order valence-electron chi connectivity index (χ4n) is 1.87. The van der Waals surface area contributed by atoms with Crippen molar-refractivity contribution < 1.29 is 23.9 Å². The summed E-state index contributed by atoms with van der Waals surface area (Å²) in [6.45, 7) is 11.1. The maximum atomic E-state index is 11.9. The summed E-state index contributed by atoms with van der Waals surface area (Å²) in [4.78, 5) is 35.2. The third-order valence-corrected chi connectivity index (χ3v) is 2.84. The van der Waals surface area contributed by atoms with Crippen LogP contribution in [0.15, 0.2) is 0 Å². The molecule has 8 nitrogen and oxygen atoms in total. The number of unbranched alkanes of at least 4 members (excludes halogenated alkanes) is 1. The standard InChI is InChI=1S/C17H33N3O5/c1-16(2,3)24-14(22)19-11-9-8-10-12(13(21)18-7)20-15(23)25-17(4,5)6/h12H,8-11H2,1-7H3,(H,18,21)(H,19,22)(H,20,23). The molecule has 1 unspecified atom stereocenters. The Bertz CT molecular complexity index is 452. The first-order valence-corrected chi connectivity index (χ1v) is 8.52. The minimum atomic E-state index is -0.679. The van der Waals surface area contributed by atoms with Gasteiger partial charge in [-0.3, -0.25) is 4.79 Å². The largest absolute Gasteiger partial charge is 0.444 e. The summed E-state index contributed by atoms with van der Waals surface area (Å²) in [7, 11) is 1.51. The second-order valence-corrected chi connectivity index (χ2v) is 7.74. The minimum Gasteiger partial charge on any atom is -0.444 e. The highest BCUT2D eigenvalue weighted by Gasteiger charge is 2.23. The molecule has 0 aromatic carbocycles. The number of carbonyl (C=O) groups is 3. The molecule has 25 heavy (non-hydrogen) atoms. The molecule has 0 aliphatic carbocycles. The Morgan fingerprint density at radius 3 is 1.88 bits per heavy atom.